The number of pyridine rings is 2. The number of thiocarbonyl (C=S) groups is 1. The summed E-state index contributed by atoms with van der Waals surface area (Å²) in [6, 6.07) is 5.23. The van der Waals surface area contributed by atoms with Gasteiger partial charge in [0.25, 0.3) is 5.91 Å². The van der Waals surface area contributed by atoms with Gasteiger partial charge in [-0.3, -0.25) is 20.1 Å². The monoisotopic (exact) mass is 336 g/mol. The number of hydrogen-bond acceptors (Lipinski definition) is 4. The van der Waals surface area contributed by atoms with Gasteiger partial charge in [-0.2, -0.15) is 0 Å². The average Bonchev–Trinajstić information content (AvgIpc) is 2.39. The molecule has 0 radical (unpaired) electrons. The second-order valence-corrected chi connectivity index (χ2v) is 4.87. The van der Waals surface area contributed by atoms with E-state index in [1.165, 1.54) is 6.20 Å². The molecule has 96 valence electrons. The van der Waals surface area contributed by atoms with Crippen LogP contribution >= 0.6 is 28.1 Å². The maximum absolute atomic E-state index is 11.9. The zero-order valence-electron chi connectivity index (χ0n) is 9.63. The summed E-state index contributed by atoms with van der Waals surface area (Å²) >= 11 is 8.29. The van der Waals surface area contributed by atoms with Crippen molar-refractivity contribution in [2.75, 3.05) is 5.32 Å². The molecule has 0 aliphatic rings. The van der Waals surface area contributed by atoms with Crippen LogP contribution in [-0.4, -0.2) is 21.0 Å². The highest BCUT2D eigenvalue weighted by atomic mass is 79.9. The van der Waals surface area contributed by atoms with Crippen molar-refractivity contribution >= 4 is 44.9 Å². The molecule has 0 fully saturated rings. The zero-order valence-corrected chi connectivity index (χ0v) is 12.0. The summed E-state index contributed by atoms with van der Waals surface area (Å²) in [5.41, 5.74) is 1.13. The summed E-state index contributed by atoms with van der Waals surface area (Å²) in [4.78, 5) is 19.7. The molecule has 7 heteroatoms. The first-order valence-corrected chi connectivity index (χ1v) is 6.48. The molecule has 0 aromatic carbocycles. The minimum absolute atomic E-state index is 0.206. The fourth-order valence-corrected chi connectivity index (χ4v) is 1.89. The molecule has 0 aliphatic carbocycles. The Hall–Kier alpha value is -1.86. The molecule has 2 aromatic rings. The third kappa shape index (κ3) is 4.08. The Kier molecular flexibility index (Phi) is 4.53. The molecule has 0 spiro atoms. The topological polar surface area (TPSA) is 66.9 Å². The molecule has 2 aromatic heterocycles. The van der Waals surface area contributed by atoms with Crippen LogP contribution in [0.4, 0.5) is 5.69 Å². The molecular formula is C12H9BrN4OS. The van der Waals surface area contributed by atoms with Gasteiger partial charge in [-0.25, -0.2) is 0 Å². The van der Waals surface area contributed by atoms with Crippen LogP contribution in [0.3, 0.4) is 0 Å². The average molecular weight is 337 g/mol. The van der Waals surface area contributed by atoms with Crippen LogP contribution in [-0.2, 0) is 0 Å². The van der Waals surface area contributed by atoms with Crippen LogP contribution in [0.25, 0.3) is 0 Å². The predicted molar refractivity (Wildman–Crippen MR) is 79.9 cm³/mol. The Balaban J connectivity index is 1.98. The SMILES string of the molecule is O=C(NC(=S)Nc1cccnc1)c1cncc(Br)c1. The van der Waals surface area contributed by atoms with Crippen molar-refractivity contribution in [3.8, 4) is 0 Å². The molecule has 0 saturated carbocycles. The summed E-state index contributed by atoms with van der Waals surface area (Å²) in [7, 11) is 0. The Morgan fingerprint density at radius 1 is 1.26 bits per heavy atom. The maximum atomic E-state index is 11.9. The number of halogens is 1. The molecule has 0 unspecified atom stereocenters. The maximum Gasteiger partial charge on any atom is 0.259 e. The minimum Gasteiger partial charge on any atom is -0.331 e. The van der Waals surface area contributed by atoms with E-state index in [1.54, 1.807) is 36.8 Å². The van der Waals surface area contributed by atoms with E-state index in [0.717, 1.165) is 4.47 Å². The third-order valence-corrected chi connectivity index (χ3v) is 2.75. The number of anilines is 1. The van der Waals surface area contributed by atoms with E-state index in [9.17, 15) is 4.79 Å². The molecule has 2 heterocycles. The Bertz CT molecular complexity index is 606. The van der Waals surface area contributed by atoms with Crippen LogP contribution in [0.15, 0.2) is 47.5 Å². The molecule has 0 atom stereocenters. The number of aromatic nitrogens is 2. The van der Waals surface area contributed by atoms with Gasteiger partial charge >= 0.3 is 0 Å². The van der Waals surface area contributed by atoms with Gasteiger partial charge in [0, 0.05) is 23.1 Å². The number of carbonyl (C=O) groups is 1. The van der Waals surface area contributed by atoms with Gasteiger partial charge in [-0.05, 0) is 46.3 Å². The molecule has 19 heavy (non-hydrogen) atoms. The number of carbonyl (C=O) groups excluding carboxylic acids is 1. The van der Waals surface area contributed by atoms with Gasteiger partial charge in [0.15, 0.2) is 5.11 Å². The van der Waals surface area contributed by atoms with E-state index in [1.807, 2.05) is 0 Å². The molecule has 0 aliphatic heterocycles. The van der Waals surface area contributed by atoms with Crippen LogP contribution in [0.2, 0.25) is 0 Å². The van der Waals surface area contributed by atoms with E-state index in [4.69, 9.17) is 12.2 Å². The molecule has 5 nitrogen and oxygen atoms in total. The molecule has 0 bridgehead atoms. The van der Waals surface area contributed by atoms with Gasteiger partial charge in [-0.15, -0.1) is 0 Å². The summed E-state index contributed by atoms with van der Waals surface area (Å²) < 4.78 is 0.728. The number of nitrogens with one attached hydrogen (secondary N) is 2. The molecule has 1 amide bonds. The van der Waals surface area contributed by atoms with E-state index >= 15 is 0 Å². The lowest BCUT2D eigenvalue weighted by atomic mass is 10.3. The number of hydrogen-bond donors (Lipinski definition) is 2. The molecule has 2 N–H and O–H groups in total. The van der Waals surface area contributed by atoms with Crippen molar-refractivity contribution in [1.29, 1.82) is 0 Å². The van der Waals surface area contributed by atoms with Crippen LogP contribution in [0.5, 0.6) is 0 Å². The second-order valence-electron chi connectivity index (χ2n) is 3.54. The van der Waals surface area contributed by atoms with E-state index in [-0.39, 0.29) is 11.0 Å². The second kappa shape index (κ2) is 6.35. The van der Waals surface area contributed by atoms with Crippen molar-refractivity contribution < 1.29 is 4.79 Å². The van der Waals surface area contributed by atoms with E-state index in [2.05, 4.69) is 36.5 Å². The molecular weight excluding hydrogens is 328 g/mol. The lowest BCUT2D eigenvalue weighted by Crippen LogP contribution is -2.34. The smallest absolute Gasteiger partial charge is 0.259 e. The summed E-state index contributed by atoms with van der Waals surface area (Å²) in [6.45, 7) is 0. The Morgan fingerprint density at radius 2 is 2.11 bits per heavy atom. The van der Waals surface area contributed by atoms with Crippen molar-refractivity contribution in [3.63, 3.8) is 0 Å². The van der Waals surface area contributed by atoms with Crippen molar-refractivity contribution in [2.24, 2.45) is 0 Å². The number of rotatable bonds is 2. The normalized spacial score (nSPS) is 9.74. The fraction of sp³-hybridized carbons (Fsp3) is 0. The van der Waals surface area contributed by atoms with Crippen LogP contribution in [0.1, 0.15) is 10.4 Å². The molecule has 0 saturated heterocycles. The van der Waals surface area contributed by atoms with Gasteiger partial charge < -0.3 is 5.32 Å². The van der Waals surface area contributed by atoms with Gasteiger partial charge in [-0.1, -0.05) is 0 Å². The standard InChI is InChI=1S/C12H9BrN4OS/c13-9-4-8(5-15-6-9)11(18)17-12(19)16-10-2-1-3-14-7-10/h1-7H,(H2,16,17,18,19). The minimum atomic E-state index is -0.324. The zero-order chi connectivity index (χ0) is 13.7. The van der Waals surface area contributed by atoms with Crippen LogP contribution in [0, 0.1) is 0 Å². The van der Waals surface area contributed by atoms with Gasteiger partial charge in [0.05, 0.1) is 17.4 Å². The van der Waals surface area contributed by atoms with Gasteiger partial charge in [0.1, 0.15) is 0 Å². The summed E-state index contributed by atoms with van der Waals surface area (Å²) in [5.74, 6) is -0.324. The Labute approximate surface area is 123 Å². The quantitative estimate of drug-likeness (QED) is 0.824. The lowest BCUT2D eigenvalue weighted by molar-refractivity contribution is 0.0977. The first kappa shape index (κ1) is 13.6. The first-order valence-electron chi connectivity index (χ1n) is 5.28. The molecule has 2 rings (SSSR count). The lowest BCUT2D eigenvalue weighted by Gasteiger charge is -2.08. The Morgan fingerprint density at radius 3 is 2.79 bits per heavy atom. The summed E-state index contributed by atoms with van der Waals surface area (Å²) in [5, 5.41) is 5.63. The third-order valence-electron chi connectivity index (χ3n) is 2.11. The first-order chi connectivity index (χ1) is 9.15. The highest BCUT2D eigenvalue weighted by Gasteiger charge is 2.08. The number of nitrogens with zero attached hydrogens (tertiary/aromatic N) is 2. The van der Waals surface area contributed by atoms with Gasteiger partial charge in [0.2, 0.25) is 0 Å². The highest BCUT2D eigenvalue weighted by molar-refractivity contribution is 9.10. The van der Waals surface area contributed by atoms with E-state index < -0.39 is 0 Å². The predicted octanol–water partition coefficient (Wildman–Crippen LogP) is 2.37. The van der Waals surface area contributed by atoms with Crippen LogP contribution < -0.4 is 10.6 Å². The largest absolute Gasteiger partial charge is 0.331 e. The van der Waals surface area contributed by atoms with Crippen molar-refractivity contribution in [3.05, 3.63) is 53.0 Å². The fourth-order valence-electron chi connectivity index (χ4n) is 1.31. The number of amides is 1. The highest BCUT2D eigenvalue weighted by Crippen LogP contribution is 2.09. The summed E-state index contributed by atoms with van der Waals surface area (Å²) in [6.07, 6.45) is 6.33. The van der Waals surface area contributed by atoms with E-state index in [0.29, 0.717) is 11.3 Å². The van der Waals surface area contributed by atoms with Crippen molar-refractivity contribution in [2.45, 2.75) is 0 Å². The van der Waals surface area contributed by atoms with Crippen molar-refractivity contribution in [1.82, 2.24) is 15.3 Å².